The van der Waals surface area contributed by atoms with Crippen LogP contribution < -0.4 is 5.32 Å². The van der Waals surface area contributed by atoms with Gasteiger partial charge in [0.15, 0.2) is 8.32 Å². The highest BCUT2D eigenvalue weighted by molar-refractivity contribution is 7.09. The SMILES string of the molecule is CC(C)(C)OC(=O)N1CCCC(c2nc(C(=O)N[C@@H](CO[Si](C)(C)C(C)(C)C)C(=O)O)cs2)C1. The van der Waals surface area contributed by atoms with Crippen molar-refractivity contribution in [1.29, 1.82) is 0 Å². The van der Waals surface area contributed by atoms with Gasteiger partial charge in [-0.25, -0.2) is 14.6 Å². The lowest BCUT2D eigenvalue weighted by atomic mass is 9.99. The van der Waals surface area contributed by atoms with E-state index in [2.05, 4.69) is 31.1 Å². The molecule has 2 N–H and O–H groups in total. The van der Waals surface area contributed by atoms with E-state index >= 15 is 0 Å². The predicted octanol–water partition coefficient (Wildman–Crippen LogP) is 4.46. The van der Waals surface area contributed by atoms with Crippen LogP contribution in [-0.4, -0.2) is 72.6 Å². The van der Waals surface area contributed by atoms with Gasteiger partial charge in [0.1, 0.15) is 17.3 Å². The van der Waals surface area contributed by atoms with E-state index in [9.17, 15) is 19.5 Å². The van der Waals surface area contributed by atoms with Gasteiger partial charge >= 0.3 is 12.1 Å². The molecule has 0 saturated carbocycles. The second-order valence-electron chi connectivity index (χ2n) is 11.3. The van der Waals surface area contributed by atoms with Crippen molar-refractivity contribution in [3.05, 3.63) is 16.1 Å². The van der Waals surface area contributed by atoms with E-state index in [0.717, 1.165) is 17.8 Å². The van der Waals surface area contributed by atoms with Gasteiger partial charge in [-0.15, -0.1) is 11.3 Å². The fourth-order valence-electron chi connectivity index (χ4n) is 3.17. The second kappa shape index (κ2) is 10.7. The smallest absolute Gasteiger partial charge is 0.410 e. The lowest BCUT2D eigenvalue weighted by Crippen LogP contribution is -2.49. The van der Waals surface area contributed by atoms with Crippen molar-refractivity contribution in [2.45, 2.75) is 90.1 Å². The van der Waals surface area contributed by atoms with Gasteiger partial charge in [-0.3, -0.25) is 4.79 Å². The molecule has 34 heavy (non-hydrogen) atoms. The molecule has 1 aliphatic rings. The van der Waals surface area contributed by atoms with Crippen LogP contribution in [0.4, 0.5) is 4.79 Å². The molecule has 1 fully saturated rings. The van der Waals surface area contributed by atoms with Gasteiger partial charge in [0.25, 0.3) is 5.91 Å². The van der Waals surface area contributed by atoms with Gasteiger partial charge in [-0.1, -0.05) is 20.8 Å². The van der Waals surface area contributed by atoms with Crippen LogP contribution in [0.3, 0.4) is 0 Å². The monoisotopic (exact) mass is 513 g/mol. The molecular weight excluding hydrogens is 474 g/mol. The van der Waals surface area contributed by atoms with Crippen molar-refractivity contribution >= 4 is 37.6 Å². The number of carboxylic acid groups (broad SMARTS) is 1. The number of ether oxygens (including phenoxy) is 1. The fourth-order valence-corrected chi connectivity index (χ4v) is 5.11. The third kappa shape index (κ3) is 7.77. The van der Waals surface area contributed by atoms with Gasteiger partial charge in [0, 0.05) is 24.4 Å². The van der Waals surface area contributed by atoms with Crippen LogP contribution in [0, 0.1) is 0 Å². The third-order valence-corrected chi connectivity index (χ3v) is 11.7. The maximum Gasteiger partial charge on any atom is 0.410 e. The zero-order valence-electron chi connectivity index (χ0n) is 21.6. The number of nitrogens with zero attached hydrogens (tertiary/aromatic N) is 2. The highest BCUT2D eigenvalue weighted by Crippen LogP contribution is 2.36. The Morgan fingerprint density at radius 2 is 1.91 bits per heavy atom. The fraction of sp³-hybridized carbons (Fsp3) is 0.739. The van der Waals surface area contributed by atoms with Crippen molar-refractivity contribution < 1.29 is 28.7 Å². The van der Waals surface area contributed by atoms with E-state index in [1.165, 1.54) is 11.3 Å². The molecule has 1 aliphatic heterocycles. The van der Waals surface area contributed by atoms with Gasteiger partial charge in [0.2, 0.25) is 0 Å². The van der Waals surface area contributed by atoms with Crippen LogP contribution >= 0.6 is 11.3 Å². The number of carbonyl (C=O) groups is 3. The summed E-state index contributed by atoms with van der Waals surface area (Å²) in [5, 5.41) is 14.4. The molecule has 0 aromatic carbocycles. The molecule has 2 atom stereocenters. The Balaban J connectivity index is 2.02. The molecular formula is C23H39N3O6SSi. The molecule has 2 heterocycles. The van der Waals surface area contributed by atoms with E-state index in [1.54, 1.807) is 10.3 Å². The Kier molecular flexibility index (Phi) is 8.92. The van der Waals surface area contributed by atoms with Crippen LogP contribution in [0.1, 0.15) is 75.8 Å². The average molecular weight is 514 g/mol. The Labute approximate surface area is 207 Å². The number of likely N-dealkylation sites (tertiary alicyclic amines) is 1. The normalized spacial score (nSPS) is 18.4. The zero-order valence-corrected chi connectivity index (χ0v) is 23.4. The van der Waals surface area contributed by atoms with E-state index in [-0.39, 0.29) is 29.4 Å². The van der Waals surface area contributed by atoms with Crippen molar-refractivity contribution in [2.24, 2.45) is 0 Å². The molecule has 0 radical (unpaired) electrons. The number of carbonyl (C=O) groups excluding carboxylic acids is 2. The Morgan fingerprint density at radius 1 is 1.26 bits per heavy atom. The number of aromatic nitrogens is 1. The largest absolute Gasteiger partial charge is 0.480 e. The van der Waals surface area contributed by atoms with E-state index < -0.39 is 31.8 Å². The molecule has 11 heteroatoms. The second-order valence-corrected chi connectivity index (χ2v) is 17.0. The van der Waals surface area contributed by atoms with Crippen molar-refractivity contribution in [1.82, 2.24) is 15.2 Å². The quantitative estimate of drug-likeness (QED) is 0.517. The van der Waals surface area contributed by atoms with Gasteiger partial charge < -0.3 is 24.5 Å². The lowest BCUT2D eigenvalue weighted by Gasteiger charge is -2.36. The summed E-state index contributed by atoms with van der Waals surface area (Å²) < 4.78 is 11.5. The van der Waals surface area contributed by atoms with Gasteiger partial charge in [0.05, 0.1) is 11.6 Å². The summed E-state index contributed by atoms with van der Waals surface area (Å²) in [5.74, 6) is -1.69. The van der Waals surface area contributed by atoms with Crippen LogP contribution in [0.25, 0.3) is 0 Å². The highest BCUT2D eigenvalue weighted by atomic mass is 32.1. The zero-order chi connectivity index (χ0) is 25.9. The third-order valence-electron chi connectivity index (χ3n) is 6.20. The van der Waals surface area contributed by atoms with Crippen LogP contribution in [0.5, 0.6) is 0 Å². The van der Waals surface area contributed by atoms with Gasteiger partial charge in [-0.05, 0) is 51.7 Å². The lowest BCUT2D eigenvalue weighted by molar-refractivity contribution is -0.140. The molecule has 1 aromatic rings. The van der Waals surface area contributed by atoms with Crippen LogP contribution in [0.15, 0.2) is 5.38 Å². The standard InChI is InChI=1S/C23H39N3O6SSi/c1-22(2,3)32-21(30)26-11-9-10-15(12-26)19-25-17(14-33-19)18(27)24-16(20(28)29)13-31-34(7,8)23(4,5)6/h14-16H,9-13H2,1-8H3,(H,24,27)(H,28,29)/t15?,16-/m0/s1. The number of hydrogen-bond donors (Lipinski definition) is 2. The number of nitrogens with one attached hydrogen (secondary N) is 1. The Bertz CT molecular complexity index is 890. The molecule has 2 rings (SSSR count). The summed E-state index contributed by atoms with van der Waals surface area (Å²) >= 11 is 1.35. The van der Waals surface area contributed by atoms with Crippen molar-refractivity contribution in [3.8, 4) is 0 Å². The first-order valence-electron chi connectivity index (χ1n) is 11.6. The number of thiazole rings is 1. The first-order chi connectivity index (χ1) is 15.5. The van der Waals surface area contributed by atoms with Crippen molar-refractivity contribution in [3.63, 3.8) is 0 Å². The van der Waals surface area contributed by atoms with E-state index in [4.69, 9.17) is 9.16 Å². The molecule has 0 bridgehead atoms. The van der Waals surface area contributed by atoms with Gasteiger partial charge in [-0.2, -0.15) is 0 Å². The summed E-state index contributed by atoms with van der Waals surface area (Å²) in [6.07, 6.45) is 1.32. The number of aliphatic carboxylic acids is 1. The van der Waals surface area contributed by atoms with Crippen LogP contribution in [-0.2, 0) is 14.0 Å². The predicted molar refractivity (Wildman–Crippen MR) is 134 cm³/mol. The maximum absolute atomic E-state index is 12.7. The maximum atomic E-state index is 12.7. The molecule has 0 spiro atoms. The number of amides is 2. The first-order valence-corrected chi connectivity index (χ1v) is 15.4. The van der Waals surface area contributed by atoms with Crippen molar-refractivity contribution in [2.75, 3.05) is 19.7 Å². The minimum atomic E-state index is -2.16. The minimum absolute atomic E-state index is 0.00464. The molecule has 1 saturated heterocycles. The summed E-state index contributed by atoms with van der Waals surface area (Å²) in [7, 11) is -2.16. The summed E-state index contributed by atoms with van der Waals surface area (Å²) in [6.45, 7) is 16.8. The number of piperidine rings is 1. The number of rotatable bonds is 7. The van der Waals surface area contributed by atoms with E-state index in [1.807, 2.05) is 33.9 Å². The molecule has 192 valence electrons. The minimum Gasteiger partial charge on any atom is -0.480 e. The topological polar surface area (TPSA) is 118 Å². The molecule has 1 aromatic heterocycles. The Morgan fingerprint density at radius 3 is 2.47 bits per heavy atom. The molecule has 9 nitrogen and oxygen atoms in total. The van der Waals surface area contributed by atoms with Crippen LogP contribution in [0.2, 0.25) is 18.1 Å². The summed E-state index contributed by atoms with van der Waals surface area (Å²) in [5.41, 5.74) is -0.390. The summed E-state index contributed by atoms with van der Waals surface area (Å²) in [4.78, 5) is 43.1. The molecule has 2 amide bonds. The molecule has 1 unspecified atom stereocenters. The first kappa shape index (κ1) is 28.3. The Hall–Kier alpha value is -1.98. The number of carboxylic acids is 1. The molecule has 0 aliphatic carbocycles. The summed E-state index contributed by atoms with van der Waals surface area (Å²) in [6, 6.07) is -1.16. The number of hydrogen-bond acceptors (Lipinski definition) is 7. The average Bonchev–Trinajstić information content (AvgIpc) is 3.19. The highest BCUT2D eigenvalue weighted by Gasteiger charge is 2.38. The van der Waals surface area contributed by atoms with E-state index in [0.29, 0.717) is 13.1 Å².